The first-order valence-electron chi connectivity index (χ1n) is 7.47. The van der Waals surface area contributed by atoms with Crippen molar-refractivity contribution in [1.29, 1.82) is 0 Å². The van der Waals surface area contributed by atoms with Gasteiger partial charge >= 0.3 is 5.97 Å². The van der Waals surface area contributed by atoms with E-state index in [4.69, 9.17) is 9.84 Å². The van der Waals surface area contributed by atoms with Crippen molar-refractivity contribution in [3.05, 3.63) is 29.8 Å². The highest BCUT2D eigenvalue weighted by Crippen LogP contribution is 2.26. The monoisotopic (exact) mass is 292 g/mol. The Labute approximate surface area is 125 Å². The van der Waals surface area contributed by atoms with Gasteiger partial charge in [-0.15, -0.1) is 0 Å². The number of hydrogen-bond acceptors (Lipinski definition) is 4. The number of ether oxygens (including phenoxy) is 1. The number of hydrogen-bond donors (Lipinski definition) is 2. The second kappa shape index (κ2) is 7.43. The Morgan fingerprint density at radius 1 is 1.48 bits per heavy atom. The molecule has 2 rings (SSSR count). The summed E-state index contributed by atoms with van der Waals surface area (Å²) in [6.07, 6.45) is 2.63. The van der Waals surface area contributed by atoms with E-state index in [0.29, 0.717) is 24.9 Å². The molecule has 0 bridgehead atoms. The minimum atomic E-state index is -0.960. The number of carboxylic acids is 1. The van der Waals surface area contributed by atoms with Crippen LogP contribution in [0, 0.1) is 0 Å². The molecule has 1 aliphatic rings. The summed E-state index contributed by atoms with van der Waals surface area (Å²) >= 11 is 0. The largest absolute Gasteiger partial charge is 0.491 e. The van der Waals surface area contributed by atoms with Gasteiger partial charge in [0, 0.05) is 25.2 Å². The Morgan fingerprint density at radius 2 is 2.19 bits per heavy atom. The first-order chi connectivity index (χ1) is 10.1. The summed E-state index contributed by atoms with van der Waals surface area (Å²) in [6, 6.07) is 7.99. The molecular weight excluding hydrogens is 268 g/mol. The molecule has 1 fully saturated rings. The minimum absolute atomic E-state index is 0.208. The molecule has 0 saturated heterocycles. The van der Waals surface area contributed by atoms with Crippen molar-refractivity contribution in [2.24, 2.45) is 0 Å². The molecule has 1 aromatic rings. The predicted molar refractivity (Wildman–Crippen MR) is 82.0 cm³/mol. The summed E-state index contributed by atoms with van der Waals surface area (Å²) in [6.45, 7) is 4.30. The van der Waals surface area contributed by atoms with Crippen LogP contribution in [0.25, 0.3) is 0 Å². The van der Waals surface area contributed by atoms with E-state index < -0.39 is 5.97 Å². The van der Waals surface area contributed by atoms with Crippen LogP contribution in [0.1, 0.15) is 30.1 Å². The van der Waals surface area contributed by atoms with Crippen molar-refractivity contribution in [2.45, 2.75) is 31.8 Å². The molecule has 21 heavy (non-hydrogen) atoms. The molecule has 5 heteroatoms. The smallest absolute Gasteiger partial charge is 0.339 e. The van der Waals surface area contributed by atoms with Gasteiger partial charge in [0.1, 0.15) is 17.9 Å². The molecule has 116 valence electrons. The topological polar surface area (TPSA) is 61.8 Å². The van der Waals surface area contributed by atoms with Gasteiger partial charge in [0.15, 0.2) is 0 Å². The molecule has 0 spiro atoms. The summed E-state index contributed by atoms with van der Waals surface area (Å²) in [5.41, 5.74) is 0.208. The van der Waals surface area contributed by atoms with Gasteiger partial charge in [-0.25, -0.2) is 4.79 Å². The Balaban J connectivity index is 1.66. The van der Waals surface area contributed by atoms with Crippen LogP contribution in [0.4, 0.5) is 0 Å². The lowest BCUT2D eigenvalue weighted by Crippen LogP contribution is -2.40. The fraction of sp³-hybridized carbons (Fsp3) is 0.562. The molecule has 0 radical (unpaired) electrons. The summed E-state index contributed by atoms with van der Waals surface area (Å²) in [7, 11) is 2.17. The molecule has 0 aromatic heterocycles. The summed E-state index contributed by atoms with van der Waals surface area (Å²) in [4.78, 5) is 13.5. The van der Waals surface area contributed by atoms with Crippen LogP contribution in [-0.4, -0.2) is 54.8 Å². The van der Waals surface area contributed by atoms with Crippen LogP contribution >= 0.6 is 0 Å². The first-order valence-corrected chi connectivity index (χ1v) is 7.47. The maximum Gasteiger partial charge on any atom is 0.339 e. The van der Waals surface area contributed by atoms with Crippen LogP contribution in [0.5, 0.6) is 5.75 Å². The van der Waals surface area contributed by atoms with E-state index in [2.05, 4.69) is 24.2 Å². The lowest BCUT2D eigenvalue weighted by atomic mass is 10.2. The maximum absolute atomic E-state index is 11.0. The molecular formula is C16H24N2O3. The second-order valence-electron chi connectivity index (χ2n) is 5.60. The van der Waals surface area contributed by atoms with Gasteiger partial charge in [0.25, 0.3) is 0 Å². The highest BCUT2D eigenvalue weighted by Gasteiger charge is 2.28. The van der Waals surface area contributed by atoms with E-state index >= 15 is 0 Å². The number of benzene rings is 1. The van der Waals surface area contributed by atoms with Crippen molar-refractivity contribution < 1.29 is 14.6 Å². The standard InChI is InChI=1S/C16H24N2O3/c1-12(18(2)13-7-8-13)11-17-9-10-21-15-6-4-3-5-14(15)16(19)20/h3-6,12-13,17H,7-11H2,1-2H3,(H,19,20). The van der Waals surface area contributed by atoms with E-state index in [-0.39, 0.29) is 5.56 Å². The molecule has 0 heterocycles. The molecule has 1 saturated carbocycles. The average Bonchev–Trinajstić information content (AvgIpc) is 3.30. The van der Waals surface area contributed by atoms with Gasteiger partial charge in [0.05, 0.1) is 0 Å². The third kappa shape index (κ3) is 4.72. The normalized spacial score (nSPS) is 16.0. The highest BCUT2D eigenvalue weighted by atomic mass is 16.5. The van der Waals surface area contributed by atoms with E-state index in [1.165, 1.54) is 12.8 Å². The lowest BCUT2D eigenvalue weighted by molar-refractivity contribution is 0.0692. The van der Waals surface area contributed by atoms with Crippen LogP contribution in [0.2, 0.25) is 0 Å². The first kappa shape index (κ1) is 15.8. The second-order valence-corrected chi connectivity index (χ2v) is 5.60. The van der Waals surface area contributed by atoms with Crippen LogP contribution in [-0.2, 0) is 0 Å². The molecule has 5 nitrogen and oxygen atoms in total. The van der Waals surface area contributed by atoms with Crippen molar-refractivity contribution in [2.75, 3.05) is 26.7 Å². The van der Waals surface area contributed by atoms with Gasteiger partial charge < -0.3 is 15.2 Å². The zero-order valence-electron chi connectivity index (χ0n) is 12.7. The Hall–Kier alpha value is -1.59. The van der Waals surface area contributed by atoms with Gasteiger partial charge in [-0.1, -0.05) is 12.1 Å². The highest BCUT2D eigenvalue weighted by molar-refractivity contribution is 5.90. The molecule has 1 atom stereocenters. The number of nitrogens with one attached hydrogen (secondary N) is 1. The lowest BCUT2D eigenvalue weighted by Gasteiger charge is -2.24. The summed E-state index contributed by atoms with van der Waals surface area (Å²) in [5, 5.41) is 12.4. The van der Waals surface area contributed by atoms with E-state index in [0.717, 1.165) is 12.6 Å². The molecule has 0 amide bonds. The fourth-order valence-electron chi connectivity index (χ4n) is 2.30. The van der Waals surface area contributed by atoms with Crippen LogP contribution in [0.3, 0.4) is 0 Å². The quantitative estimate of drug-likeness (QED) is 0.680. The van der Waals surface area contributed by atoms with Gasteiger partial charge in [-0.05, 0) is 38.9 Å². The Morgan fingerprint density at radius 3 is 2.86 bits per heavy atom. The van der Waals surface area contributed by atoms with Crippen LogP contribution in [0.15, 0.2) is 24.3 Å². The number of para-hydroxylation sites is 1. The van der Waals surface area contributed by atoms with Crippen LogP contribution < -0.4 is 10.1 Å². The van der Waals surface area contributed by atoms with Gasteiger partial charge in [0.2, 0.25) is 0 Å². The fourth-order valence-corrected chi connectivity index (χ4v) is 2.30. The molecule has 1 unspecified atom stereocenters. The van der Waals surface area contributed by atoms with E-state index in [9.17, 15) is 4.79 Å². The van der Waals surface area contributed by atoms with E-state index in [1.54, 1.807) is 24.3 Å². The third-order valence-electron chi connectivity index (χ3n) is 3.91. The third-order valence-corrected chi connectivity index (χ3v) is 3.91. The van der Waals surface area contributed by atoms with Crippen molar-refractivity contribution >= 4 is 5.97 Å². The number of carbonyl (C=O) groups is 1. The SMILES string of the molecule is CC(CNCCOc1ccccc1C(=O)O)N(C)C1CC1. The number of nitrogens with zero attached hydrogens (tertiary/aromatic N) is 1. The molecule has 2 N–H and O–H groups in total. The number of rotatable bonds is 9. The van der Waals surface area contributed by atoms with Gasteiger partial charge in [-0.3, -0.25) is 4.90 Å². The van der Waals surface area contributed by atoms with E-state index in [1.807, 2.05) is 0 Å². The Kier molecular flexibility index (Phi) is 5.59. The van der Waals surface area contributed by atoms with Crippen molar-refractivity contribution in [3.63, 3.8) is 0 Å². The zero-order chi connectivity index (χ0) is 15.2. The summed E-state index contributed by atoms with van der Waals surface area (Å²) < 4.78 is 5.54. The minimum Gasteiger partial charge on any atom is -0.491 e. The number of aromatic carboxylic acids is 1. The van der Waals surface area contributed by atoms with Gasteiger partial charge in [-0.2, -0.15) is 0 Å². The number of likely N-dealkylation sites (N-methyl/N-ethyl adjacent to an activating group) is 1. The molecule has 1 aromatic carbocycles. The Bertz CT molecular complexity index is 474. The number of carboxylic acid groups (broad SMARTS) is 1. The maximum atomic E-state index is 11.0. The average molecular weight is 292 g/mol. The van der Waals surface area contributed by atoms with Crippen molar-refractivity contribution in [3.8, 4) is 5.75 Å². The van der Waals surface area contributed by atoms with Crippen molar-refractivity contribution in [1.82, 2.24) is 10.2 Å². The molecule has 0 aliphatic heterocycles. The summed E-state index contributed by atoms with van der Waals surface area (Å²) in [5.74, 6) is -0.534. The molecule has 1 aliphatic carbocycles. The zero-order valence-corrected chi connectivity index (χ0v) is 12.7. The predicted octanol–water partition coefficient (Wildman–Crippen LogP) is 1.84.